The molecular weight excluding hydrogens is 234 g/mol. The predicted molar refractivity (Wildman–Crippen MR) is 80.1 cm³/mol. The second kappa shape index (κ2) is 7.61. The maximum absolute atomic E-state index is 4.46. The van der Waals surface area contributed by atoms with Crippen LogP contribution in [-0.2, 0) is 6.54 Å². The summed E-state index contributed by atoms with van der Waals surface area (Å²) in [6.45, 7) is 10.4. The lowest BCUT2D eigenvalue weighted by atomic mass is 10.2. The Morgan fingerprint density at radius 3 is 2.95 bits per heavy atom. The molecule has 3 heteroatoms. The Morgan fingerprint density at radius 1 is 1.37 bits per heavy atom. The summed E-state index contributed by atoms with van der Waals surface area (Å²) in [5.74, 6) is 0. The Morgan fingerprint density at radius 2 is 2.26 bits per heavy atom. The van der Waals surface area contributed by atoms with Gasteiger partial charge in [-0.15, -0.1) is 0 Å². The summed E-state index contributed by atoms with van der Waals surface area (Å²) in [6.07, 6.45) is 5.83. The maximum Gasteiger partial charge on any atom is 0.0543 e. The van der Waals surface area contributed by atoms with Gasteiger partial charge in [0.15, 0.2) is 0 Å². The van der Waals surface area contributed by atoms with Crippen LogP contribution in [0.2, 0.25) is 0 Å². The van der Waals surface area contributed by atoms with Gasteiger partial charge in [-0.1, -0.05) is 19.9 Å². The Labute approximate surface area is 117 Å². The molecule has 0 N–H and O–H groups in total. The standard InChI is InChI=1S/C16H27N3/c1-3-11-18(13-15-8-5-6-10-17-15)14-16-9-7-12-19(16)4-2/h5-6,8,10,16H,3-4,7,9,11-14H2,1-2H3. The highest BCUT2D eigenvalue weighted by Gasteiger charge is 2.24. The third kappa shape index (κ3) is 4.29. The number of hydrogen-bond donors (Lipinski definition) is 0. The predicted octanol–water partition coefficient (Wildman–Crippen LogP) is 2.78. The van der Waals surface area contributed by atoms with Crippen LogP contribution in [0.15, 0.2) is 24.4 Å². The van der Waals surface area contributed by atoms with E-state index in [0.717, 1.165) is 12.6 Å². The molecule has 0 aliphatic carbocycles. The Hall–Kier alpha value is -0.930. The zero-order chi connectivity index (χ0) is 13.5. The lowest BCUT2D eigenvalue weighted by Gasteiger charge is -2.29. The molecule has 2 heterocycles. The van der Waals surface area contributed by atoms with E-state index in [2.05, 4.69) is 40.8 Å². The molecule has 1 aromatic rings. The topological polar surface area (TPSA) is 19.4 Å². The number of likely N-dealkylation sites (N-methyl/N-ethyl adjacent to an activating group) is 1. The molecule has 0 saturated carbocycles. The quantitative estimate of drug-likeness (QED) is 0.752. The average molecular weight is 261 g/mol. The van der Waals surface area contributed by atoms with Crippen molar-refractivity contribution in [2.45, 2.75) is 45.7 Å². The zero-order valence-corrected chi connectivity index (χ0v) is 12.4. The Kier molecular flexibility index (Phi) is 5.80. The molecule has 0 spiro atoms. The first-order valence-electron chi connectivity index (χ1n) is 7.69. The van der Waals surface area contributed by atoms with Crippen LogP contribution < -0.4 is 0 Å². The third-order valence-electron chi connectivity index (χ3n) is 4.03. The molecule has 106 valence electrons. The van der Waals surface area contributed by atoms with E-state index in [1.54, 1.807) is 0 Å². The summed E-state index contributed by atoms with van der Waals surface area (Å²) >= 11 is 0. The minimum atomic E-state index is 0.750. The third-order valence-corrected chi connectivity index (χ3v) is 4.03. The highest BCUT2D eigenvalue weighted by atomic mass is 15.2. The summed E-state index contributed by atoms with van der Waals surface area (Å²) in [7, 11) is 0. The van der Waals surface area contributed by atoms with Gasteiger partial charge in [0.1, 0.15) is 0 Å². The van der Waals surface area contributed by atoms with Gasteiger partial charge in [-0.3, -0.25) is 14.8 Å². The molecule has 1 unspecified atom stereocenters. The van der Waals surface area contributed by atoms with Crippen LogP contribution in [0.1, 0.15) is 38.8 Å². The minimum absolute atomic E-state index is 0.750. The van der Waals surface area contributed by atoms with E-state index in [4.69, 9.17) is 0 Å². The van der Waals surface area contributed by atoms with E-state index in [9.17, 15) is 0 Å². The van der Waals surface area contributed by atoms with Gasteiger partial charge < -0.3 is 0 Å². The molecule has 0 radical (unpaired) electrons. The van der Waals surface area contributed by atoms with Gasteiger partial charge in [0.2, 0.25) is 0 Å². The van der Waals surface area contributed by atoms with Gasteiger partial charge in [0, 0.05) is 25.3 Å². The Bertz CT molecular complexity index is 352. The first kappa shape index (κ1) is 14.5. The van der Waals surface area contributed by atoms with E-state index >= 15 is 0 Å². The van der Waals surface area contributed by atoms with Gasteiger partial charge in [0.25, 0.3) is 0 Å². The van der Waals surface area contributed by atoms with Crippen molar-refractivity contribution in [2.24, 2.45) is 0 Å². The van der Waals surface area contributed by atoms with Crippen LogP contribution in [0.4, 0.5) is 0 Å². The van der Waals surface area contributed by atoms with Crippen LogP contribution in [0.3, 0.4) is 0 Å². The van der Waals surface area contributed by atoms with Crippen molar-refractivity contribution in [1.29, 1.82) is 0 Å². The normalized spacial score (nSPS) is 20.3. The highest BCUT2D eigenvalue weighted by Crippen LogP contribution is 2.18. The van der Waals surface area contributed by atoms with Crippen LogP contribution in [-0.4, -0.2) is 47.0 Å². The number of likely N-dealkylation sites (tertiary alicyclic amines) is 1. The molecule has 1 atom stereocenters. The summed E-state index contributed by atoms with van der Waals surface area (Å²) in [5, 5.41) is 0. The highest BCUT2D eigenvalue weighted by molar-refractivity contribution is 5.03. The average Bonchev–Trinajstić information content (AvgIpc) is 2.87. The van der Waals surface area contributed by atoms with Crippen LogP contribution in [0, 0.1) is 0 Å². The molecule has 0 amide bonds. The molecule has 2 rings (SSSR count). The molecule has 1 aromatic heterocycles. The number of pyridine rings is 1. The lowest BCUT2D eigenvalue weighted by molar-refractivity contribution is 0.170. The van der Waals surface area contributed by atoms with Gasteiger partial charge in [0.05, 0.1) is 5.69 Å². The molecule has 19 heavy (non-hydrogen) atoms. The van der Waals surface area contributed by atoms with Gasteiger partial charge in [-0.25, -0.2) is 0 Å². The van der Waals surface area contributed by atoms with Crippen molar-refractivity contribution in [2.75, 3.05) is 26.2 Å². The van der Waals surface area contributed by atoms with Crippen molar-refractivity contribution in [3.63, 3.8) is 0 Å². The van der Waals surface area contributed by atoms with E-state index in [0.29, 0.717) is 0 Å². The van der Waals surface area contributed by atoms with Crippen LogP contribution >= 0.6 is 0 Å². The summed E-state index contributed by atoms with van der Waals surface area (Å²) < 4.78 is 0. The van der Waals surface area contributed by atoms with Crippen molar-refractivity contribution in [3.05, 3.63) is 30.1 Å². The van der Waals surface area contributed by atoms with Gasteiger partial charge >= 0.3 is 0 Å². The van der Waals surface area contributed by atoms with Crippen molar-refractivity contribution in [3.8, 4) is 0 Å². The van der Waals surface area contributed by atoms with Crippen molar-refractivity contribution >= 4 is 0 Å². The first-order chi connectivity index (χ1) is 9.33. The number of rotatable bonds is 7. The van der Waals surface area contributed by atoms with E-state index < -0.39 is 0 Å². The fourth-order valence-corrected chi connectivity index (χ4v) is 3.09. The number of aromatic nitrogens is 1. The lowest BCUT2D eigenvalue weighted by Crippen LogP contribution is -2.40. The number of hydrogen-bond acceptors (Lipinski definition) is 3. The van der Waals surface area contributed by atoms with Gasteiger partial charge in [-0.2, -0.15) is 0 Å². The zero-order valence-electron chi connectivity index (χ0n) is 12.4. The van der Waals surface area contributed by atoms with E-state index in [1.807, 2.05) is 12.3 Å². The van der Waals surface area contributed by atoms with Gasteiger partial charge in [-0.05, 0) is 51.0 Å². The summed E-state index contributed by atoms with van der Waals surface area (Å²) in [5.41, 5.74) is 1.19. The monoisotopic (exact) mass is 261 g/mol. The largest absolute Gasteiger partial charge is 0.299 e. The maximum atomic E-state index is 4.46. The molecule has 1 aliphatic rings. The molecule has 0 aromatic carbocycles. The molecule has 0 bridgehead atoms. The van der Waals surface area contributed by atoms with Crippen molar-refractivity contribution in [1.82, 2.24) is 14.8 Å². The molecule has 3 nitrogen and oxygen atoms in total. The Balaban J connectivity index is 1.92. The second-order valence-corrected chi connectivity index (χ2v) is 5.48. The molecule has 1 fully saturated rings. The van der Waals surface area contributed by atoms with Crippen LogP contribution in [0.25, 0.3) is 0 Å². The van der Waals surface area contributed by atoms with E-state index in [1.165, 1.54) is 51.1 Å². The fourth-order valence-electron chi connectivity index (χ4n) is 3.09. The summed E-state index contributed by atoms with van der Waals surface area (Å²) in [6, 6.07) is 6.96. The minimum Gasteiger partial charge on any atom is -0.299 e. The first-order valence-corrected chi connectivity index (χ1v) is 7.69. The SMILES string of the molecule is CCCN(Cc1ccccn1)CC1CCCN1CC. The fraction of sp³-hybridized carbons (Fsp3) is 0.688. The smallest absolute Gasteiger partial charge is 0.0543 e. The molecule has 1 saturated heterocycles. The second-order valence-electron chi connectivity index (χ2n) is 5.48. The summed E-state index contributed by atoms with van der Waals surface area (Å²) in [4.78, 5) is 9.66. The molecule has 1 aliphatic heterocycles. The van der Waals surface area contributed by atoms with Crippen LogP contribution in [0.5, 0.6) is 0 Å². The van der Waals surface area contributed by atoms with E-state index in [-0.39, 0.29) is 0 Å². The molecular formula is C16H27N3. The van der Waals surface area contributed by atoms with Crippen molar-refractivity contribution < 1.29 is 0 Å². The number of nitrogens with zero attached hydrogens (tertiary/aromatic N) is 3.